The molecule has 0 amide bonds. The molecule has 1 rings (SSSR count). The Labute approximate surface area is 88.8 Å². The van der Waals surface area contributed by atoms with E-state index in [0.717, 1.165) is 6.26 Å². The first kappa shape index (κ1) is 11.7. The van der Waals surface area contributed by atoms with Crippen LogP contribution in [0, 0.1) is 0 Å². The highest BCUT2D eigenvalue weighted by molar-refractivity contribution is 7.90. The van der Waals surface area contributed by atoms with Crippen LogP contribution >= 0.6 is 0 Å². The minimum atomic E-state index is -3.26. The maximum absolute atomic E-state index is 11.2. The van der Waals surface area contributed by atoms with Crippen LogP contribution in [-0.4, -0.2) is 20.6 Å². The molecule has 0 heterocycles. The highest BCUT2D eigenvalue weighted by Gasteiger charge is 2.09. The number of sulfone groups is 1. The van der Waals surface area contributed by atoms with Crippen LogP contribution in [0.2, 0.25) is 0 Å². The van der Waals surface area contributed by atoms with Gasteiger partial charge >= 0.3 is 5.97 Å². The van der Waals surface area contributed by atoms with Crippen molar-refractivity contribution in [2.75, 3.05) is 6.26 Å². The fourth-order valence-electron chi connectivity index (χ4n) is 0.972. The Morgan fingerprint density at radius 3 is 2.60 bits per heavy atom. The lowest BCUT2D eigenvalue weighted by Crippen LogP contribution is -2.06. The van der Waals surface area contributed by atoms with Crippen LogP contribution < -0.4 is 4.74 Å². The molecule has 4 nitrogen and oxygen atoms in total. The molecule has 0 spiro atoms. The number of ether oxygens (including phenoxy) is 1. The SMILES string of the molecule is CCC(=O)Oc1cccc(S(C)(=O)=O)c1. The molecule has 0 unspecified atom stereocenters. The van der Waals surface area contributed by atoms with Gasteiger partial charge < -0.3 is 4.74 Å². The predicted octanol–water partition coefficient (Wildman–Crippen LogP) is 1.41. The zero-order valence-corrected chi connectivity index (χ0v) is 9.37. The summed E-state index contributed by atoms with van der Waals surface area (Å²) in [4.78, 5) is 11.1. The van der Waals surface area contributed by atoms with Crippen molar-refractivity contribution in [2.24, 2.45) is 0 Å². The summed E-state index contributed by atoms with van der Waals surface area (Å²) in [6.07, 6.45) is 1.36. The van der Waals surface area contributed by atoms with Gasteiger partial charge in [-0.3, -0.25) is 4.79 Å². The molecule has 0 aliphatic carbocycles. The average molecular weight is 228 g/mol. The van der Waals surface area contributed by atoms with Gasteiger partial charge in [-0.25, -0.2) is 8.42 Å². The predicted molar refractivity (Wildman–Crippen MR) is 55.5 cm³/mol. The number of carbonyl (C=O) groups excluding carboxylic acids is 1. The Morgan fingerprint density at radius 1 is 1.40 bits per heavy atom. The second-order valence-electron chi connectivity index (χ2n) is 3.07. The van der Waals surface area contributed by atoms with Crippen molar-refractivity contribution in [1.82, 2.24) is 0 Å². The second-order valence-corrected chi connectivity index (χ2v) is 5.09. The molecule has 0 atom stereocenters. The topological polar surface area (TPSA) is 60.4 Å². The number of carbonyl (C=O) groups is 1. The fraction of sp³-hybridized carbons (Fsp3) is 0.300. The van der Waals surface area contributed by atoms with Crippen molar-refractivity contribution in [1.29, 1.82) is 0 Å². The molecule has 0 saturated carbocycles. The maximum atomic E-state index is 11.2. The Bertz CT molecular complexity index is 462. The van der Waals surface area contributed by atoms with Gasteiger partial charge in [-0.15, -0.1) is 0 Å². The van der Waals surface area contributed by atoms with E-state index >= 15 is 0 Å². The minimum Gasteiger partial charge on any atom is -0.426 e. The lowest BCUT2D eigenvalue weighted by molar-refractivity contribution is -0.134. The Hall–Kier alpha value is -1.36. The molecular formula is C10H12O4S. The summed E-state index contributed by atoms with van der Waals surface area (Å²) in [7, 11) is -3.26. The first-order chi connectivity index (χ1) is 6.93. The highest BCUT2D eigenvalue weighted by Crippen LogP contribution is 2.17. The quantitative estimate of drug-likeness (QED) is 0.579. The number of hydrogen-bond donors (Lipinski definition) is 0. The van der Waals surface area contributed by atoms with Crippen LogP contribution in [0.3, 0.4) is 0 Å². The van der Waals surface area contributed by atoms with E-state index in [0.29, 0.717) is 0 Å². The van der Waals surface area contributed by atoms with E-state index in [9.17, 15) is 13.2 Å². The number of hydrogen-bond acceptors (Lipinski definition) is 4. The molecule has 0 fully saturated rings. The van der Waals surface area contributed by atoms with E-state index in [1.54, 1.807) is 13.0 Å². The molecule has 0 aliphatic rings. The molecule has 15 heavy (non-hydrogen) atoms. The van der Waals surface area contributed by atoms with Crippen LogP contribution in [0.1, 0.15) is 13.3 Å². The van der Waals surface area contributed by atoms with Gasteiger partial charge in [0.25, 0.3) is 0 Å². The van der Waals surface area contributed by atoms with Crippen molar-refractivity contribution in [2.45, 2.75) is 18.2 Å². The summed E-state index contributed by atoms with van der Waals surface area (Å²) in [5, 5.41) is 0. The lowest BCUT2D eigenvalue weighted by Gasteiger charge is -2.04. The highest BCUT2D eigenvalue weighted by atomic mass is 32.2. The first-order valence-electron chi connectivity index (χ1n) is 4.44. The number of benzene rings is 1. The lowest BCUT2D eigenvalue weighted by atomic mass is 10.3. The summed E-state index contributed by atoms with van der Waals surface area (Å²) < 4.78 is 27.3. The minimum absolute atomic E-state index is 0.143. The van der Waals surface area contributed by atoms with Crippen molar-refractivity contribution in [3.63, 3.8) is 0 Å². The van der Waals surface area contributed by atoms with Gasteiger partial charge in [0.2, 0.25) is 0 Å². The third-order valence-corrected chi connectivity index (χ3v) is 2.86. The Balaban J connectivity index is 2.99. The molecule has 0 saturated heterocycles. The third-order valence-electron chi connectivity index (χ3n) is 1.75. The first-order valence-corrected chi connectivity index (χ1v) is 6.33. The van der Waals surface area contributed by atoms with Crippen LogP contribution in [0.25, 0.3) is 0 Å². The van der Waals surface area contributed by atoms with E-state index in [1.165, 1.54) is 18.2 Å². The summed E-state index contributed by atoms with van der Waals surface area (Å²) >= 11 is 0. The number of rotatable bonds is 3. The van der Waals surface area contributed by atoms with Gasteiger partial charge in [0.05, 0.1) is 4.90 Å². The van der Waals surface area contributed by atoms with Crippen molar-refractivity contribution < 1.29 is 17.9 Å². The van der Waals surface area contributed by atoms with Crippen molar-refractivity contribution >= 4 is 15.8 Å². The Kier molecular flexibility index (Phi) is 3.47. The molecular weight excluding hydrogens is 216 g/mol. The smallest absolute Gasteiger partial charge is 0.310 e. The standard InChI is InChI=1S/C10H12O4S/c1-3-10(11)14-8-5-4-6-9(7-8)15(2,12)13/h4-7H,3H2,1-2H3. The summed E-state index contributed by atoms with van der Waals surface area (Å²) in [5.41, 5.74) is 0. The van der Waals surface area contributed by atoms with Gasteiger partial charge in [0.1, 0.15) is 5.75 Å². The van der Waals surface area contributed by atoms with Gasteiger partial charge in [-0.2, -0.15) is 0 Å². The largest absolute Gasteiger partial charge is 0.426 e. The molecule has 0 aliphatic heterocycles. The summed E-state index contributed by atoms with van der Waals surface area (Å²) in [6, 6.07) is 5.87. The molecule has 0 radical (unpaired) electrons. The van der Waals surface area contributed by atoms with E-state index in [-0.39, 0.29) is 23.0 Å². The fourth-order valence-corrected chi connectivity index (χ4v) is 1.63. The maximum Gasteiger partial charge on any atom is 0.310 e. The third kappa shape index (κ3) is 3.36. The van der Waals surface area contributed by atoms with Gasteiger partial charge in [0, 0.05) is 12.7 Å². The molecule has 5 heteroatoms. The van der Waals surface area contributed by atoms with Crippen LogP contribution in [-0.2, 0) is 14.6 Å². The van der Waals surface area contributed by atoms with Crippen molar-refractivity contribution in [3.8, 4) is 5.75 Å². The molecule has 0 N–H and O–H groups in total. The van der Waals surface area contributed by atoms with E-state index < -0.39 is 9.84 Å². The van der Waals surface area contributed by atoms with Crippen LogP contribution in [0.5, 0.6) is 5.75 Å². The van der Waals surface area contributed by atoms with Crippen molar-refractivity contribution in [3.05, 3.63) is 24.3 Å². The second kappa shape index (κ2) is 4.44. The molecule has 1 aromatic rings. The average Bonchev–Trinajstić information content (AvgIpc) is 2.17. The van der Waals surface area contributed by atoms with Gasteiger partial charge in [-0.05, 0) is 18.2 Å². The van der Waals surface area contributed by atoms with Gasteiger partial charge in [-0.1, -0.05) is 13.0 Å². The molecule has 1 aromatic carbocycles. The molecule has 0 aromatic heterocycles. The zero-order valence-electron chi connectivity index (χ0n) is 8.56. The number of esters is 1. The summed E-state index contributed by atoms with van der Waals surface area (Å²) in [6.45, 7) is 1.67. The Morgan fingerprint density at radius 2 is 2.07 bits per heavy atom. The summed E-state index contributed by atoms with van der Waals surface area (Å²) in [5.74, 6) is -0.134. The monoisotopic (exact) mass is 228 g/mol. The van der Waals surface area contributed by atoms with E-state index in [2.05, 4.69) is 0 Å². The van der Waals surface area contributed by atoms with Crippen LogP contribution in [0.4, 0.5) is 0 Å². The van der Waals surface area contributed by atoms with E-state index in [1.807, 2.05) is 0 Å². The molecule has 0 bridgehead atoms. The van der Waals surface area contributed by atoms with E-state index in [4.69, 9.17) is 4.74 Å². The zero-order chi connectivity index (χ0) is 11.5. The van der Waals surface area contributed by atoms with Crippen LogP contribution in [0.15, 0.2) is 29.2 Å². The van der Waals surface area contributed by atoms with Gasteiger partial charge in [0.15, 0.2) is 9.84 Å². The molecule has 82 valence electrons. The normalized spacial score (nSPS) is 11.1.